The summed E-state index contributed by atoms with van der Waals surface area (Å²) in [6.45, 7) is 0.859. The Morgan fingerprint density at radius 2 is 2.15 bits per heavy atom. The molecule has 0 spiro atoms. The van der Waals surface area contributed by atoms with Gasteiger partial charge in [-0.05, 0) is 18.8 Å². The molecule has 1 aliphatic carbocycles. The summed E-state index contributed by atoms with van der Waals surface area (Å²) in [5.41, 5.74) is 0.445. The first kappa shape index (κ1) is 13.7. The lowest BCUT2D eigenvalue weighted by Gasteiger charge is -2.05. The number of thiazole rings is 1. The topological polar surface area (TPSA) is 94.1 Å². The van der Waals surface area contributed by atoms with Crippen molar-refractivity contribution >= 4 is 37.0 Å². The molecule has 2 heterocycles. The summed E-state index contributed by atoms with van der Waals surface area (Å²) in [6.07, 6.45) is 5.45. The number of hydrogen-bond acceptors (Lipinski definition) is 7. The van der Waals surface area contributed by atoms with Gasteiger partial charge in [-0.3, -0.25) is 4.72 Å². The van der Waals surface area contributed by atoms with Crippen molar-refractivity contribution in [3.63, 3.8) is 0 Å². The fraction of sp³-hybridized carbons (Fsp3) is 0.545. The van der Waals surface area contributed by atoms with Gasteiger partial charge in [0.05, 0.1) is 12.4 Å². The first-order chi connectivity index (χ1) is 9.62. The Balaban J connectivity index is 1.56. The average Bonchev–Trinajstić information content (AvgIpc) is 3.13. The minimum absolute atomic E-state index is 0.0729. The number of anilines is 1. The number of nitrogens with one attached hydrogen (secondary N) is 1. The van der Waals surface area contributed by atoms with Crippen molar-refractivity contribution in [3.8, 4) is 0 Å². The number of hydrogen-bond donors (Lipinski definition) is 1. The van der Waals surface area contributed by atoms with Crippen molar-refractivity contribution in [1.29, 1.82) is 0 Å². The van der Waals surface area contributed by atoms with E-state index in [1.807, 2.05) is 0 Å². The van der Waals surface area contributed by atoms with Gasteiger partial charge < -0.3 is 4.74 Å². The molecule has 1 saturated carbocycles. The van der Waals surface area contributed by atoms with Crippen LogP contribution in [0.15, 0.2) is 12.4 Å². The van der Waals surface area contributed by atoms with Crippen molar-refractivity contribution in [2.45, 2.75) is 12.8 Å². The molecule has 108 valence electrons. The van der Waals surface area contributed by atoms with Gasteiger partial charge in [-0.1, -0.05) is 11.3 Å². The lowest BCUT2D eigenvalue weighted by molar-refractivity contribution is 0.138. The molecule has 0 amide bonds. The Bertz CT molecular complexity index is 664. The largest absolute Gasteiger partial charge is 0.380 e. The van der Waals surface area contributed by atoms with Crippen LogP contribution in [0.3, 0.4) is 0 Å². The molecule has 2 aromatic heterocycles. The summed E-state index contributed by atoms with van der Waals surface area (Å²) in [7, 11) is -3.44. The van der Waals surface area contributed by atoms with E-state index in [4.69, 9.17) is 4.74 Å². The minimum atomic E-state index is -3.44. The second kappa shape index (κ2) is 5.58. The highest BCUT2D eigenvalue weighted by atomic mass is 32.2. The van der Waals surface area contributed by atoms with E-state index in [-0.39, 0.29) is 17.5 Å². The lowest BCUT2D eigenvalue weighted by Crippen LogP contribution is -2.20. The summed E-state index contributed by atoms with van der Waals surface area (Å²) in [4.78, 5) is 12.8. The number of ether oxygens (including phenoxy) is 1. The van der Waals surface area contributed by atoms with Crippen molar-refractivity contribution in [2.24, 2.45) is 5.92 Å². The van der Waals surface area contributed by atoms with Crippen LogP contribution in [0.5, 0.6) is 0 Å². The zero-order chi connectivity index (χ0) is 14.0. The molecule has 3 rings (SSSR count). The zero-order valence-corrected chi connectivity index (χ0v) is 12.3. The molecule has 1 aliphatic rings. The maximum absolute atomic E-state index is 11.9. The standard InChI is InChI=1S/C11H14N4O3S2/c16-20(17,6-5-18-7-8-1-2-8)15-11-14-9-10(19-11)13-4-3-12-9/h3-4,8H,1-2,5-7H2,(H,12,14,15). The third-order valence-corrected chi connectivity index (χ3v) is 5.04. The molecule has 2 aromatic rings. The fourth-order valence-electron chi connectivity index (χ4n) is 1.61. The Kier molecular flexibility index (Phi) is 3.81. The van der Waals surface area contributed by atoms with Gasteiger partial charge in [-0.2, -0.15) is 4.98 Å². The van der Waals surface area contributed by atoms with Crippen LogP contribution in [0.1, 0.15) is 12.8 Å². The molecule has 0 aliphatic heterocycles. The first-order valence-electron chi connectivity index (χ1n) is 6.28. The van der Waals surface area contributed by atoms with Crippen molar-refractivity contribution in [3.05, 3.63) is 12.4 Å². The maximum atomic E-state index is 11.9. The van der Waals surface area contributed by atoms with Gasteiger partial charge in [-0.25, -0.2) is 18.4 Å². The van der Waals surface area contributed by atoms with Crippen LogP contribution in [0.4, 0.5) is 5.13 Å². The SMILES string of the molecule is O=S(=O)(CCOCC1CC1)Nc1nc2nccnc2s1. The molecule has 0 aromatic carbocycles. The molecule has 0 radical (unpaired) electrons. The van der Waals surface area contributed by atoms with Crippen LogP contribution in [-0.4, -0.2) is 42.3 Å². The quantitative estimate of drug-likeness (QED) is 0.773. The number of sulfonamides is 1. The number of nitrogens with zero attached hydrogens (tertiary/aromatic N) is 3. The molecule has 0 unspecified atom stereocenters. The highest BCUT2D eigenvalue weighted by molar-refractivity contribution is 7.92. The first-order valence-corrected chi connectivity index (χ1v) is 8.75. The summed E-state index contributed by atoms with van der Waals surface area (Å²) in [5.74, 6) is 0.559. The third-order valence-electron chi connectivity index (χ3n) is 2.84. The molecule has 1 fully saturated rings. The predicted octanol–water partition coefficient (Wildman–Crippen LogP) is 1.25. The van der Waals surface area contributed by atoms with Crippen LogP contribution in [-0.2, 0) is 14.8 Å². The highest BCUT2D eigenvalue weighted by Gasteiger charge is 2.21. The average molecular weight is 314 g/mol. The Labute approximate surface area is 120 Å². The normalized spacial score (nSPS) is 15.6. The minimum Gasteiger partial charge on any atom is -0.380 e. The van der Waals surface area contributed by atoms with Crippen molar-refractivity contribution in [1.82, 2.24) is 15.0 Å². The Hall–Kier alpha value is -1.32. The molecular weight excluding hydrogens is 300 g/mol. The fourth-order valence-corrected chi connectivity index (χ4v) is 3.53. The van der Waals surface area contributed by atoms with E-state index in [1.165, 1.54) is 19.0 Å². The van der Waals surface area contributed by atoms with Crippen molar-refractivity contribution < 1.29 is 13.2 Å². The highest BCUT2D eigenvalue weighted by Crippen LogP contribution is 2.28. The lowest BCUT2D eigenvalue weighted by atomic mass is 10.5. The second-order valence-electron chi connectivity index (χ2n) is 4.64. The van der Waals surface area contributed by atoms with Crippen molar-refractivity contribution in [2.75, 3.05) is 23.7 Å². The van der Waals surface area contributed by atoms with Crippen LogP contribution in [0.2, 0.25) is 0 Å². The van der Waals surface area contributed by atoms with Gasteiger partial charge in [0, 0.05) is 19.0 Å². The van der Waals surface area contributed by atoms with Crippen LogP contribution in [0.25, 0.3) is 10.5 Å². The zero-order valence-electron chi connectivity index (χ0n) is 10.7. The van der Waals surface area contributed by atoms with E-state index in [1.54, 1.807) is 6.20 Å². The maximum Gasteiger partial charge on any atom is 0.236 e. The number of fused-ring (bicyclic) bond motifs is 1. The smallest absolute Gasteiger partial charge is 0.236 e. The van der Waals surface area contributed by atoms with Crippen LogP contribution in [0, 0.1) is 5.92 Å². The number of aromatic nitrogens is 3. The van der Waals surface area contributed by atoms with Gasteiger partial charge in [-0.15, -0.1) is 0 Å². The Morgan fingerprint density at radius 1 is 1.35 bits per heavy atom. The van der Waals surface area contributed by atoms with Crippen LogP contribution < -0.4 is 4.72 Å². The van der Waals surface area contributed by atoms with Gasteiger partial charge in [0.15, 0.2) is 10.5 Å². The van der Waals surface area contributed by atoms with Crippen LogP contribution >= 0.6 is 11.3 Å². The summed E-state index contributed by atoms with van der Waals surface area (Å²) >= 11 is 1.16. The summed E-state index contributed by atoms with van der Waals surface area (Å²) in [5, 5.41) is 0.286. The third kappa shape index (κ3) is 3.62. The van der Waals surface area contributed by atoms with E-state index in [0.29, 0.717) is 23.0 Å². The van der Waals surface area contributed by atoms with Gasteiger partial charge in [0.25, 0.3) is 0 Å². The molecular formula is C11H14N4O3S2. The molecule has 1 N–H and O–H groups in total. The van der Waals surface area contributed by atoms with E-state index < -0.39 is 10.0 Å². The molecule has 0 bridgehead atoms. The van der Waals surface area contributed by atoms with Gasteiger partial charge in [0.2, 0.25) is 15.2 Å². The van der Waals surface area contributed by atoms with E-state index in [2.05, 4.69) is 19.7 Å². The van der Waals surface area contributed by atoms with E-state index in [9.17, 15) is 8.42 Å². The molecule has 0 saturated heterocycles. The second-order valence-corrected chi connectivity index (χ2v) is 7.46. The molecule has 7 nitrogen and oxygen atoms in total. The monoisotopic (exact) mass is 314 g/mol. The van der Waals surface area contributed by atoms with E-state index in [0.717, 1.165) is 11.3 Å². The summed E-state index contributed by atoms with van der Waals surface area (Å²) in [6, 6.07) is 0. The van der Waals surface area contributed by atoms with Gasteiger partial charge >= 0.3 is 0 Å². The molecule has 0 atom stereocenters. The Morgan fingerprint density at radius 3 is 2.90 bits per heavy atom. The predicted molar refractivity (Wildman–Crippen MR) is 76.2 cm³/mol. The van der Waals surface area contributed by atoms with Gasteiger partial charge in [0.1, 0.15) is 0 Å². The van der Waals surface area contributed by atoms with E-state index >= 15 is 0 Å². The summed E-state index contributed by atoms with van der Waals surface area (Å²) < 4.78 is 31.5. The number of rotatable bonds is 7. The molecule has 20 heavy (non-hydrogen) atoms. The molecule has 9 heteroatoms.